The molecule has 8 heteroatoms. The second-order valence-electron chi connectivity index (χ2n) is 5.15. The monoisotopic (exact) mass is 355 g/mol. The van der Waals surface area contributed by atoms with Crippen LogP contribution in [0.15, 0.2) is 66.1 Å². The van der Waals surface area contributed by atoms with Crippen LogP contribution >= 0.6 is 11.8 Å². The minimum atomic E-state index is -0.529. The van der Waals surface area contributed by atoms with Gasteiger partial charge in [-0.05, 0) is 17.7 Å². The summed E-state index contributed by atoms with van der Waals surface area (Å²) < 4.78 is 6.48. The summed E-state index contributed by atoms with van der Waals surface area (Å²) in [5.74, 6) is 6.26. The van der Waals surface area contributed by atoms with Crippen LogP contribution in [0.4, 0.5) is 5.69 Å². The van der Waals surface area contributed by atoms with Gasteiger partial charge in [0.1, 0.15) is 17.3 Å². The van der Waals surface area contributed by atoms with E-state index in [1.807, 2.05) is 42.5 Å². The highest BCUT2D eigenvalue weighted by Gasteiger charge is 2.24. The van der Waals surface area contributed by atoms with E-state index < -0.39 is 5.25 Å². The third kappa shape index (κ3) is 4.10. The van der Waals surface area contributed by atoms with Crippen molar-refractivity contribution in [2.45, 2.75) is 10.4 Å². The number of nitrogens with zero attached hydrogens (tertiary/aromatic N) is 3. The molecule has 3 N–H and O–H groups in total. The van der Waals surface area contributed by atoms with Crippen molar-refractivity contribution in [1.82, 2.24) is 14.9 Å². The van der Waals surface area contributed by atoms with E-state index in [2.05, 4.69) is 15.5 Å². The third-order valence-electron chi connectivity index (χ3n) is 3.44. The highest BCUT2D eigenvalue weighted by molar-refractivity contribution is 8.00. The zero-order valence-electron chi connectivity index (χ0n) is 13.5. The van der Waals surface area contributed by atoms with E-state index >= 15 is 0 Å². The predicted octanol–water partition coefficient (Wildman–Crippen LogP) is 2.47. The van der Waals surface area contributed by atoms with Crippen LogP contribution in [0, 0.1) is 0 Å². The third-order valence-corrected chi connectivity index (χ3v) is 4.67. The first kappa shape index (κ1) is 16.8. The summed E-state index contributed by atoms with van der Waals surface area (Å²) in [6, 6.07) is 16.6. The minimum absolute atomic E-state index is 0.188. The molecule has 0 saturated heterocycles. The lowest BCUT2D eigenvalue weighted by molar-refractivity contribution is -0.115. The number of methoxy groups -OCH3 is 1. The van der Waals surface area contributed by atoms with Gasteiger partial charge in [-0.25, -0.2) is 4.68 Å². The van der Waals surface area contributed by atoms with Gasteiger partial charge in [0, 0.05) is 11.8 Å². The van der Waals surface area contributed by atoms with Gasteiger partial charge >= 0.3 is 0 Å². The molecule has 0 radical (unpaired) electrons. The lowest BCUT2D eigenvalue weighted by atomic mass is 10.1. The molecular weight excluding hydrogens is 338 g/mol. The van der Waals surface area contributed by atoms with Crippen LogP contribution in [-0.4, -0.2) is 27.9 Å². The molecule has 0 saturated carbocycles. The maximum absolute atomic E-state index is 12.9. The van der Waals surface area contributed by atoms with E-state index in [0.29, 0.717) is 16.6 Å². The molecule has 0 aliphatic carbocycles. The quantitative estimate of drug-likeness (QED) is 0.521. The van der Waals surface area contributed by atoms with Crippen LogP contribution in [0.2, 0.25) is 0 Å². The first-order valence-corrected chi connectivity index (χ1v) is 8.37. The van der Waals surface area contributed by atoms with Gasteiger partial charge in [-0.2, -0.15) is 0 Å². The molecule has 3 rings (SSSR count). The van der Waals surface area contributed by atoms with Crippen LogP contribution in [0.25, 0.3) is 0 Å². The van der Waals surface area contributed by atoms with E-state index in [9.17, 15) is 4.79 Å². The summed E-state index contributed by atoms with van der Waals surface area (Å²) in [6.45, 7) is 0. The predicted molar refractivity (Wildman–Crippen MR) is 96.8 cm³/mol. The van der Waals surface area contributed by atoms with Gasteiger partial charge in [0.2, 0.25) is 11.1 Å². The average Bonchev–Trinajstić information content (AvgIpc) is 3.05. The molecule has 25 heavy (non-hydrogen) atoms. The second kappa shape index (κ2) is 7.71. The maximum atomic E-state index is 12.9. The normalized spacial score (nSPS) is 11.7. The van der Waals surface area contributed by atoms with E-state index in [0.717, 1.165) is 5.56 Å². The van der Waals surface area contributed by atoms with Gasteiger partial charge < -0.3 is 15.9 Å². The van der Waals surface area contributed by atoms with E-state index in [1.165, 1.54) is 22.8 Å². The Balaban J connectivity index is 1.85. The standard InChI is InChI=1S/C17H17N5O2S/c1-24-14-9-5-8-13(10-14)20-16(23)15(12-6-3-2-4-7-12)25-17-21-19-11-22(17)18/h2-11,15H,18H2,1H3,(H,20,23)/t15-/m1/s1. The number of anilines is 1. The van der Waals surface area contributed by atoms with Crippen molar-refractivity contribution in [2.75, 3.05) is 18.3 Å². The number of amides is 1. The van der Waals surface area contributed by atoms with Crippen LogP contribution in [0.3, 0.4) is 0 Å². The fraction of sp³-hybridized carbons (Fsp3) is 0.118. The molecule has 0 fully saturated rings. The smallest absolute Gasteiger partial charge is 0.242 e. The van der Waals surface area contributed by atoms with Crippen molar-refractivity contribution in [3.63, 3.8) is 0 Å². The number of carbonyl (C=O) groups excluding carboxylic acids is 1. The highest BCUT2D eigenvalue weighted by atomic mass is 32.2. The summed E-state index contributed by atoms with van der Waals surface area (Å²) >= 11 is 1.23. The van der Waals surface area contributed by atoms with Crippen molar-refractivity contribution in [3.8, 4) is 5.75 Å². The van der Waals surface area contributed by atoms with Gasteiger partial charge in [0.05, 0.1) is 7.11 Å². The number of hydrogen-bond acceptors (Lipinski definition) is 6. The van der Waals surface area contributed by atoms with Crippen molar-refractivity contribution < 1.29 is 9.53 Å². The molecule has 1 aromatic heterocycles. The number of carbonyl (C=O) groups is 1. The SMILES string of the molecule is COc1cccc(NC(=O)[C@H](Sc2nncn2N)c2ccccc2)c1. The molecule has 1 atom stereocenters. The van der Waals surface area contributed by atoms with Crippen LogP contribution in [-0.2, 0) is 4.79 Å². The Labute approximate surface area is 149 Å². The van der Waals surface area contributed by atoms with Crippen molar-refractivity contribution >= 4 is 23.4 Å². The van der Waals surface area contributed by atoms with Crippen molar-refractivity contribution in [3.05, 3.63) is 66.5 Å². The van der Waals surface area contributed by atoms with E-state index in [1.54, 1.807) is 19.2 Å². The molecule has 1 heterocycles. The summed E-state index contributed by atoms with van der Waals surface area (Å²) in [6.07, 6.45) is 1.39. The zero-order valence-corrected chi connectivity index (χ0v) is 14.3. The lowest BCUT2D eigenvalue weighted by Gasteiger charge is -2.16. The maximum Gasteiger partial charge on any atom is 0.242 e. The lowest BCUT2D eigenvalue weighted by Crippen LogP contribution is -2.20. The number of rotatable bonds is 6. The Morgan fingerprint density at radius 2 is 2.04 bits per heavy atom. The zero-order chi connectivity index (χ0) is 17.6. The fourth-order valence-electron chi connectivity index (χ4n) is 2.23. The Bertz CT molecular complexity index is 853. The van der Waals surface area contributed by atoms with Gasteiger partial charge in [-0.3, -0.25) is 4.79 Å². The number of ether oxygens (including phenoxy) is 1. The summed E-state index contributed by atoms with van der Waals surface area (Å²) in [4.78, 5) is 12.9. The molecule has 0 spiro atoms. The number of benzene rings is 2. The first-order valence-electron chi connectivity index (χ1n) is 7.49. The highest BCUT2D eigenvalue weighted by Crippen LogP contribution is 2.34. The second-order valence-corrected chi connectivity index (χ2v) is 6.22. The Kier molecular flexibility index (Phi) is 5.20. The molecule has 128 valence electrons. The summed E-state index contributed by atoms with van der Waals surface area (Å²) in [7, 11) is 1.58. The Morgan fingerprint density at radius 1 is 1.24 bits per heavy atom. The summed E-state index contributed by atoms with van der Waals surface area (Å²) in [5, 5.41) is 10.5. The van der Waals surface area contributed by atoms with Crippen molar-refractivity contribution in [1.29, 1.82) is 0 Å². The first-order chi connectivity index (χ1) is 12.2. The summed E-state index contributed by atoms with van der Waals surface area (Å²) in [5.41, 5.74) is 1.50. The number of nitrogens with two attached hydrogens (primary N) is 1. The number of nitrogen functional groups attached to an aromatic ring is 1. The minimum Gasteiger partial charge on any atom is -0.497 e. The van der Waals surface area contributed by atoms with Crippen LogP contribution in [0.1, 0.15) is 10.8 Å². The molecule has 1 amide bonds. The number of thioether (sulfide) groups is 1. The molecule has 0 unspecified atom stereocenters. The van der Waals surface area contributed by atoms with Gasteiger partial charge in [0.15, 0.2) is 0 Å². The van der Waals surface area contributed by atoms with Gasteiger partial charge in [-0.1, -0.05) is 48.2 Å². The molecule has 0 aliphatic rings. The van der Waals surface area contributed by atoms with E-state index in [-0.39, 0.29) is 5.91 Å². The van der Waals surface area contributed by atoms with E-state index in [4.69, 9.17) is 10.6 Å². The topological polar surface area (TPSA) is 95.1 Å². The van der Waals surface area contributed by atoms with Crippen molar-refractivity contribution in [2.24, 2.45) is 0 Å². The largest absolute Gasteiger partial charge is 0.497 e. The average molecular weight is 355 g/mol. The fourth-order valence-corrected chi connectivity index (χ4v) is 3.16. The van der Waals surface area contributed by atoms with Gasteiger partial charge in [0.25, 0.3) is 0 Å². The Morgan fingerprint density at radius 3 is 2.72 bits per heavy atom. The molecule has 2 aromatic carbocycles. The van der Waals surface area contributed by atoms with Crippen LogP contribution < -0.4 is 15.9 Å². The number of nitrogens with one attached hydrogen (secondary N) is 1. The molecule has 0 aliphatic heterocycles. The number of hydrogen-bond donors (Lipinski definition) is 2. The molecule has 3 aromatic rings. The Hall–Kier alpha value is -3.00. The molecule has 0 bridgehead atoms. The van der Waals surface area contributed by atoms with Crippen LogP contribution in [0.5, 0.6) is 5.75 Å². The number of aromatic nitrogens is 3. The molecular formula is C17H17N5O2S. The molecule has 7 nitrogen and oxygen atoms in total. The van der Waals surface area contributed by atoms with Gasteiger partial charge in [-0.15, -0.1) is 10.2 Å².